The average molecular weight is 312 g/mol. The van der Waals surface area contributed by atoms with E-state index < -0.39 is 8.07 Å². The SMILES string of the molecule is C[Si](C)(C)C1=C2c3ccccc3CN2C(=O)C2CCCCC12. The van der Waals surface area contributed by atoms with E-state index >= 15 is 0 Å². The van der Waals surface area contributed by atoms with E-state index in [0.29, 0.717) is 11.8 Å². The number of hydrogen-bond donors (Lipinski definition) is 0. The van der Waals surface area contributed by atoms with Crippen LogP contribution in [0.3, 0.4) is 0 Å². The van der Waals surface area contributed by atoms with Crippen molar-refractivity contribution in [2.24, 2.45) is 11.8 Å². The fourth-order valence-corrected chi connectivity index (χ4v) is 7.26. The van der Waals surface area contributed by atoms with Crippen molar-refractivity contribution in [1.82, 2.24) is 4.90 Å². The number of hydrogen-bond acceptors (Lipinski definition) is 1. The largest absolute Gasteiger partial charge is 0.308 e. The molecule has 1 aliphatic carbocycles. The van der Waals surface area contributed by atoms with Crippen LogP contribution in [0.5, 0.6) is 0 Å². The van der Waals surface area contributed by atoms with Crippen molar-refractivity contribution < 1.29 is 4.79 Å². The first-order valence-corrected chi connectivity index (χ1v) is 12.1. The predicted octanol–water partition coefficient (Wildman–Crippen LogP) is 4.44. The van der Waals surface area contributed by atoms with Crippen LogP contribution >= 0.6 is 0 Å². The maximum absolute atomic E-state index is 13.1. The van der Waals surface area contributed by atoms with Crippen molar-refractivity contribution in [3.63, 3.8) is 0 Å². The van der Waals surface area contributed by atoms with Gasteiger partial charge in [-0.3, -0.25) is 4.79 Å². The molecular formula is C19H25NOSi. The van der Waals surface area contributed by atoms with Crippen LogP contribution in [0.2, 0.25) is 19.6 Å². The number of amides is 1. The fraction of sp³-hybridized carbons (Fsp3) is 0.526. The van der Waals surface area contributed by atoms with Crippen molar-refractivity contribution >= 4 is 19.7 Å². The second-order valence-corrected chi connectivity index (χ2v) is 13.1. The second kappa shape index (κ2) is 4.82. The molecule has 0 aromatic heterocycles. The van der Waals surface area contributed by atoms with Gasteiger partial charge in [-0.25, -0.2) is 0 Å². The van der Waals surface area contributed by atoms with Crippen LogP contribution in [0.25, 0.3) is 5.70 Å². The summed E-state index contributed by atoms with van der Waals surface area (Å²) in [7, 11) is -1.46. The molecule has 22 heavy (non-hydrogen) atoms. The quantitative estimate of drug-likeness (QED) is 0.702. The summed E-state index contributed by atoms with van der Waals surface area (Å²) in [6.45, 7) is 8.16. The van der Waals surface area contributed by atoms with E-state index in [0.717, 1.165) is 13.0 Å². The lowest BCUT2D eigenvalue weighted by Crippen LogP contribution is -2.47. The lowest BCUT2D eigenvalue weighted by molar-refractivity contribution is -0.135. The Bertz CT molecular complexity index is 670. The lowest BCUT2D eigenvalue weighted by atomic mass is 9.75. The van der Waals surface area contributed by atoms with Gasteiger partial charge in [0.25, 0.3) is 0 Å². The Balaban J connectivity index is 1.97. The van der Waals surface area contributed by atoms with Gasteiger partial charge < -0.3 is 4.90 Å². The Morgan fingerprint density at radius 2 is 1.73 bits per heavy atom. The van der Waals surface area contributed by atoms with E-state index in [9.17, 15) is 4.79 Å². The summed E-state index contributed by atoms with van der Waals surface area (Å²) in [5, 5.41) is 1.67. The van der Waals surface area contributed by atoms with Gasteiger partial charge >= 0.3 is 0 Å². The van der Waals surface area contributed by atoms with E-state index in [1.807, 2.05) is 0 Å². The highest BCUT2D eigenvalue weighted by molar-refractivity contribution is 6.84. The smallest absolute Gasteiger partial charge is 0.231 e. The minimum absolute atomic E-state index is 0.258. The molecule has 0 saturated heterocycles. The van der Waals surface area contributed by atoms with Crippen LogP contribution in [-0.4, -0.2) is 18.9 Å². The number of nitrogens with zero attached hydrogens (tertiary/aromatic N) is 1. The molecule has 1 saturated carbocycles. The highest BCUT2D eigenvalue weighted by Gasteiger charge is 2.48. The highest BCUT2D eigenvalue weighted by atomic mass is 28.3. The highest BCUT2D eigenvalue weighted by Crippen LogP contribution is 2.50. The van der Waals surface area contributed by atoms with Gasteiger partial charge in [0.1, 0.15) is 0 Å². The first-order chi connectivity index (χ1) is 10.5. The standard InChI is InChI=1S/C19H25NOSi/c1-22(2,3)18-15-10-6-7-11-16(15)19(21)20-12-13-8-4-5-9-14(13)17(18)20/h4-5,8-9,15-16H,6-7,10-12H2,1-3H3. The van der Waals surface area contributed by atoms with Crippen LogP contribution in [-0.2, 0) is 11.3 Å². The van der Waals surface area contributed by atoms with E-state index in [-0.39, 0.29) is 5.92 Å². The maximum Gasteiger partial charge on any atom is 0.231 e. The zero-order valence-electron chi connectivity index (χ0n) is 13.9. The summed E-state index contributed by atoms with van der Waals surface area (Å²) in [6.07, 6.45) is 4.83. The van der Waals surface area contributed by atoms with E-state index in [1.54, 1.807) is 5.20 Å². The molecule has 2 unspecified atom stereocenters. The summed E-state index contributed by atoms with van der Waals surface area (Å²) in [4.78, 5) is 15.2. The van der Waals surface area contributed by atoms with Crippen molar-refractivity contribution in [2.45, 2.75) is 51.9 Å². The number of carbonyl (C=O) groups is 1. The van der Waals surface area contributed by atoms with Crippen molar-refractivity contribution in [1.29, 1.82) is 0 Å². The molecule has 3 heteroatoms. The third kappa shape index (κ3) is 1.94. The van der Waals surface area contributed by atoms with Crippen molar-refractivity contribution in [3.8, 4) is 0 Å². The van der Waals surface area contributed by atoms with E-state index in [2.05, 4.69) is 48.8 Å². The van der Waals surface area contributed by atoms with Gasteiger partial charge in [-0.2, -0.15) is 0 Å². The summed E-state index contributed by atoms with van der Waals surface area (Å²) in [5.74, 6) is 1.18. The van der Waals surface area contributed by atoms with Crippen molar-refractivity contribution in [2.75, 3.05) is 0 Å². The Morgan fingerprint density at radius 3 is 2.45 bits per heavy atom. The number of carbonyl (C=O) groups excluding carboxylic acids is 1. The van der Waals surface area contributed by atoms with Gasteiger partial charge in [0.05, 0.1) is 14.6 Å². The molecule has 0 spiro atoms. The molecule has 4 rings (SSSR count). The third-order valence-corrected chi connectivity index (χ3v) is 7.88. The monoisotopic (exact) mass is 311 g/mol. The normalized spacial score (nSPS) is 27.6. The first kappa shape index (κ1) is 14.3. The zero-order valence-corrected chi connectivity index (χ0v) is 14.9. The van der Waals surface area contributed by atoms with Gasteiger partial charge in [-0.15, -0.1) is 0 Å². The summed E-state index contributed by atoms with van der Waals surface area (Å²) < 4.78 is 0. The molecular weight excluding hydrogens is 286 g/mol. The van der Waals surface area contributed by atoms with Gasteiger partial charge in [-0.05, 0) is 24.3 Å². The van der Waals surface area contributed by atoms with Crippen LogP contribution in [0, 0.1) is 11.8 Å². The number of allylic oxidation sites excluding steroid dienone is 1. The first-order valence-electron chi connectivity index (χ1n) is 8.63. The van der Waals surface area contributed by atoms with Gasteiger partial charge in [0.15, 0.2) is 0 Å². The Kier molecular flexibility index (Phi) is 3.12. The molecule has 1 fully saturated rings. The Hall–Kier alpha value is -1.35. The minimum atomic E-state index is -1.46. The number of benzene rings is 1. The third-order valence-electron chi connectivity index (χ3n) is 5.65. The van der Waals surface area contributed by atoms with Gasteiger partial charge in [0.2, 0.25) is 5.91 Å². The molecule has 2 aliphatic heterocycles. The average Bonchev–Trinajstić information content (AvgIpc) is 2.86. The molecule has 2 nitrogen and oxygen atoms in total. The molecule has 0 bridgehead atoms. The minimum Gasteiger partial charge on any atom is -0.308 e. The molecule has 116 valence electrons. The number of rotatable bonds is 1. The second-order valence-electron chi connectivity index (χ2n) is 8.09. The Morgan fingerprint density at radius 1 is 1.05 bits per heavy atom. The van der Waals surface area contributed by atoms with Crippen LogP contribution in [0.4, 0.5) is 0 Å². The lowest BCUT2D eigenvalue weighted by Gasteiger charge is -2.45. The molecule has 1 aromatic carbocycles. The van der Waals surface area contributed by atoms with E-state index in [4.69, 9.17) is 0 Å². The maximum atomic E-state index is 13.1. The van der Waals surface area contributed by atoms with Gasteiger partial charge in [0, 0.05) is 17.2 Å². The summed E-state index contributed by atoms with van der Waals surface area (Å²) >= 11 is 0. The zero-order chi connectivity index (χ0) is 15.5. The molecule has 1 aromatic rings. The predicted molar refractivity (Wildman–Crippen MR) is 92.7 cm³/mol. The van der Waals surface area contributed by atoms with Crippen LogP contribution < -0.4 is 0 Å². The summed E-state index contributed by atoms with van der Waals surface area (Å²) in [6, 6.07) is 8.64. The molecule has 0 N–H and O–H groups in total. The molecule has 2 heterocycles. The summed E-state index contributed by atoms with van der Waals surface area (Å²) in [5.41, 5.74) is 3.97. The van der Waals surface area contributed by atoms with E-state index in [1.165, 1.54) is 36.1 Å². The van der Waals surface area contributed by atoms with Crippen LogP contribution in [0.15, 0.2) is 29.5 Å². The fourth-order valence-electron chi connectivity index (χ4n) is 4.82. The van der Waals surface area contributed by atoms with Crippen LogP contribution in [0.1, 0.15) is 36.8 Å². The molecule has 1 amide bonds. The number of fused-ring (bicyclic) bond motifs is 4. The Labute approximate surface area is 134 Å². The topological polar surface area (TPSA) is 20.3 Å². The van der Waals surface area contributed by atoms with Gasteiger partial charge in [-0.1, -0.05) is 61.9 Å². The molecule has 0 radical (unpaired) electrons. The van der Waals surface area contributed by atoms with Crippen molar-refractivity contribution in [3.05, 3.63) is 40.6 Å². The molecule has 3 aliphatic rings. The molecule has 2 atom stereocenters.